The minimum Gasteiger partial charge on any atom is -0.343 e. The van der Waals surface area contributed by atoms with E-state index in [2.05, 4.69) is 45.8 Å². The smallest absolute Gasteiger partial charge is 0.138 e. The maximum absolute atomic E-state index is 4.28. The van der Waals surface area contributed by atoms with E-state index in [1.54, 1.807) is 0 Å². The lowest BCUT2D eigenvalue weighted by molar-refractivity contribution is 0.638. The Bertz CT molecular complexity index is 445. The summed E-state index contributed by atoms with van der Waals surface area (Å²) in [5, 5.41) is 1.17. The van der Waals surface area contributed by atoms with E-state index in [0.717, 1.165) is 16.5 Å². The van der Waals surface area contributed by atoms with Gasteiger partial charge in [-0.05, 0) is 40.4 Å². The Kier molecular flexibility index (Phi) is 2.59. The molecule has 0 saturated heterocycles. The van der Waals surface area contributed by atoms with Gasteiger partial charge in [0.2, 0.25) is 0 Å². The molecule has 1 N–H and O–H groups in total. The summed E-state index contributed by atoms with van der Waals surface area (Å²) in [5.74, 6) is 0.668. The molecule has 0 amide bonds. The number of halogens is 1. The first-order valence-electron chi connectivity index (χ1n) is 4.79. The average molecular weight is 253 g/mol. The van der Waals surface area contributed by atoms with E-state index in [-0.39, 0.29) is 0 Å². The van der Waals surface area contributed by atoms with Gasteiger partial charge in [0.25, 0.3) is 0 Å². The van der Waals surface area contributed by atoms with Crippen LogP contribution in [0.15, 0.2) is 22.8 Å². The van der Waals surface area contributed by atoms with Gasteiger partial charge in [0, 0.05) is 21.7 Å². The first-order chi connectivity index (χ1) is 6.66. The summed E-state index contributed by atoms with van der Waals surface area (Å²) in [5.41, 5.74) is 2.23. The monoisotopic (exact) mass is 252 g/mol. The number of rotatable bonds is 2. The van der Waals surface area contributed by atoms with Gasteiger partial charge in [0.05, 0.1) is 0 Å². The highest BCUT2D eigenvalue weighted by Gasteiger charge is 2.05. The number of fused-ring (bicyclic) bond motifs is 1. The summed E-state index contributed by atoms with van der Waals surface area (Å²) >= 11 is 3.52. The van der Waals surface area contributed by atoms with Gasteiger partial charge in [-0.2, -0.15) is 0 Å². The lowest BCUT2D eigenvalue weighted by atomic mass is 10.1. The lowest BCUT2D eigenvalue weighted by Crippen LogP contribution is -1.93. The van der Waals surface area contributed by atoms with Crippen molar-refractivity contribution in [1.82, 2.24) is 9.97 Å². The Labute approximate surface area is 91.9 Å². The molecule has 14 heavy (non-hydrogen) atoms. The maximum Gasteiger partial charge on any atom is 0.138 e. The van der Waals surface area contributed by atoms with Crippen LogP contribution in [0.1, 0.15) is 19.5 Å². The van der Waals surface area contributed by atoms with Crippen LogP contribution >= 0.6 is 15.9 Å². The topological polar surface area (TPSA) is 28.7 Å². The summed E-state index contributed by atoms with van der Waals surface area (Å²) in [4.78, 5) is 7.61. The number of aromatic nitrogens is 2. The fraction of sp³-hybridized carbons (Fsp3) is 0.364. The normalized spacial score (nSPS) is 11.4. The van der Waals surface area contributed by atoms with Crippen LogP contribution in [0.3, 0.4) is 0 Å². The predicted molar refractivity (Wildman–Crippen MR) is 62.3 cm³/mol. The zero-order chi connectivity index (χ0) is 10.1. The van der Waals surface area contributed by atoms with Crippen LogP contribution < -0.4 is 0 Å². The molecular formula is C11H13BrN2. The number of nitrogens with one attached hydrogen (secondary N) is 1. The SMILES string of the molecule is CC(C)Cc1cc2c(Br)ccnc2[nH]1. The molecule has 74 valence electrons. The second kappa shape index (κ2) is 3.73. The quantitative estimate of drug-likeness (QED) is 0.871. The highest BCUT2D eigenvalue weighted by Crippen LogP contribution is 2.23. The fourth-order valence-corrected chi connectivity index (χ4v) is 2.02. The molecule has 0 unspecified atom stereocenters. The summed E-state index contributed by atoms with van der Waals surface area (Å²) in [7, 11) is 0. The molecule has 0 atom stereocenters. The number of H-pyrrole nitrogens is 1. The van der Waals surface area contributed by atoms with Crippen LogP contribution in [0.25, 0.3) is 11.0 Å². The van der Waals surface area contributed by atoms with E-state index in [0.29, 0.717) is 5.92 Å². The van der Waals surface area contributed by atoms with Gasteiger partial charge < -0.3 is 4.98 Å². The van der Waals surface area contributed by atoms with Crippen LogP contribution in [0.2, 0.25) is 0 Å². The van der Waals surface area contributed by atoms with E-state index >= 15 is 0 Å². The molecular weight excluding hydrogens is 240 g/mol. The fourth-order valence-electron chi connectivity index (χ4n) is 1.60. The van der Waals surface area contributed by atoms with Crippen LogP contribution in [-0.4, -0.2) is 9.97 Å². The van der Waals surface area contributed by atoms with Crippen LogP contribution in [0, 0.1) is 5.92 Å². The predicted octanol–water partition coefficient (Wildman–Crippen LogP) is 3.52. The van der Waals surface area contributed by atoms with Gasteiger partial charge in [-0.1, -0.05) is 13.8 Å². The standard InChI is InChI=1S/C11H13BrN2/c1-7(2)5-8-6-9-10(12)3-4-13-11(9)14-8/h3-4,6-7H,5H2,1-2H3,(H,13,14). The van der Waals surface area contributed by atoms with Gasteiger partial charge in [-0.3, -0.25) is 0 Å². The second-order valence-electron chi connectivity index (χ2n) is 3.95. The Morgan fingerprint density at radius 1 is 1.50 bits per heavy atom. The van der Waals surface area contributed by atoms with E-state index < -0.39 is 0 Å². The highest BCUT2D eigenvalue weighted by molar-refractivity contribution is 9.10. The van der Waals surface area contributed by atoms with E-state index in [4.69, 9.17) is 0 Å². The van der Waals surface area contributed by atoms with Crippen LogP contribution in [0.5, 0.6) is 0 Å². The maximum atomic E-state index is 4.28. The van der Waals surface area contributed by atoms with Crippen molar-refractivity contribution < 1.29 is 0 Å². The molecule has 2 rings (SSSR count). The van der Waals surface area contributed by atoms with Gasteiger partial charge in [-0.15, -0.1) is 0 Å². The van der Waals surface area contributed by atoms with Crippen LogP contribution in [0.4, 0.5) is 0 Å². The van der Waals surface area contributed by atoms with Crippen molar-refractivity contribution in [2.75, 3.05) is 0 Å². The van der Waals surface area contributed by atoms with Crippen LogP contribution in [-0.2, 0) is 6.42 Å². The molecule has 2 aromatic heterocycles. The molecule has 0 aliphatic heterocycles. The third-order valence-electron chi connectivity index (χ3n) is 2.16. The molecule has 3 heteroatoms. The molecule has 0 spiro atoms. The molecule has 0 saturated carbocycles. The van der Waals surface area contributed by atoms with E-state index in [1.165, 1.54) is 11.1 Å². The Morgan fingerprint density at radius 2 is 2.29 bits per heavy atom. The van der Waals surface area contributed by atoms with E-state index in [9.17, 15) is 0 Å². The summed E-state index contributed by atoms with van der Waals surface area (Å²) in [6.07, 6.45) is 2.88. The number of aromatic amines is 1. The number of hydrogen-bond acceptors (Lipinski definition) is 1. The summed E-state index contributed by atoms with van der Waals surface area (Å²) in [6, 6.07) is 4.14. The molecule has 0 radical (unpaired) electrons. The largest absolute Gasteiger partial charge is 0.343 e. The van der Waals surface area contributed by atoms with Crippen molar-refractivity contribution in [2.24, 2.45) is 5.92 Å². The molecule has 2 heterocycles. The minimum atomic E-state index is 0.668. The summed E-state index contributed by atoms with van der Waals surface area (Å²) < 4.78 is 1.11. The van der Waals surface area contributed by atoms with Crippen molar-refractivity contribution in [2.45, 2.75) is 20.3 Å². The molecule has 2 aromatic rings. The number of hydrogen-bond donors (Lipinski definition) is 1. The zero-order valence-electron chi connectivity index (χ0n) is 8.34. The van der Waals surface area contributed by atoms with Crippen molar-refractivity contribution >= 4 is 27.0 Å². The highest BCUT2D eigenvalue weighted by atomic mass is 79.9. The Balaban J connectivity index is 2.46. The van der Waals surface area contributed by atoms with Gasteiger partial charge >= 0.3 is 0 Å². The Morgan fingerprint density at radius 3 is 2.93 bits per heavy atom. The Hall–Kier alpha value is -0.830. The summed E-state index contributed by atoms with van der Waals surface area (Å²) in [6.45, 7) is 4.43. The average Bonchev–Trinajstić information content (AvgIpc) is 2.47. The van der Waals surface area contributed by atoms with Crippen molar-refractivity contribution in [3.05, 3.63) is 28.5 Å². The zero-order valence-corrected chi connectivity index (χ0v) is 9.93. The first kappa shape index (κ1) is 9.71. The molecule has 2 nitrogen and oxygen atoms in total. The molecule has 0 fully saturated rings. The molecule has 0 aromatic carbocycles. The van der Waals surface area contributed by atoms with Gasteiger partial charge in [0.15, 0.2) is 0 Å². The molecule has 0 aliphatic rings. The van der Waals surface area contributed by atoms with Gasteiger partial charge in [0.1, 0.15) is 5.65 Å². The lowest BCUT2D eigenvalue weighted by Gasteiger charge is -1.99. The first-order valence-corrected chi connectivity index (χ1v) is 5.58. The number of pyridine rings is 1. The number of nitrogens with zero attached hydrogens (tertiary/aromatic N) is 1. The van der Waals surface area contributed by atoms with Gasteiger partial charge in [-0.25, -0.2) is 4.98 Å². The molecule has 0 bridgehead atoms. The molecule has 0 aliphatic carbocycles. The van der Waals surface area contributed by atoms with Crippen molar-refractivity contribution in [3.8, 4) is 0 Å². The van der Waals surface area contributed by atoms with Crippen molar-refractivity contribution in [1.29, 1.82) is 0 Å². The second-order valence-corrected chi connectivity index (χ2v) is 4.80. The minimum absolute atomic E-state index is 0.668. The third kappa shape index (κ3) is 1.82. The van der Waals surface area contributed by atoms with E-state index in [1.807, 2.05) is 12.3 Å². The van der Waals surface area contributed by atoms with Crippen molar-refractivity contribution in [3.63, 3.8) is 0 Å². The third-order valence-corrected chi connectivity index (χ3v) is 2.85.